The molecule has 0 radical (unpaired) electrons. The van der Waals surface area contributed by atoms with Gasteiger partial charge < -0.3 is 9.30 Å². The minimum Gasteiger partial charge on any atom is -0.461 e. The maximum absolute atomic E-state index is 12.1. The fourth-order valence-corrected chi connectivity index (χ4v) is 3.43. The Hall–Kier alpha value is -1.01. The molecule has 1 aliphatic carbocycles. The average molecular weight is 334 g/mol. The van der Waals surface area contributed by atoms with Crippen molar-refractivity contribution in [2.45, 2.75) is 50.5 Å². The molecule has 0 amide bonds. The van der Waals surface area contributed by atoms with Gasteiger partial charge in [-0.05, 0) is 31.7 Å². The molecule has 0 spiro atoms. The van der Waals surface area contributed by atoms with Gasteiger partial charge in [-0.15, -0.1) is 0 Å². The molecule has 0 bridgehead atoms. The maximum Gasteiger partial charge on any atom is 0.354 e. The van der Waals surface area contributed by atoms with Crippen LogP contribution in [0.5, 0.6) is 0 Å². The predicted molar refractivity (Wildman–Crippen MR) is 80.0 cm³/mol. The third kappa shape index (κ3) is 4.23. The van der Waals surface area contributed by atoms with E-state index in [1.807, 2.05) is 6.92 Å². The summed E-state index contributed by atoms with van der Waals surface area (Å²) in [6.07, 6.45) is 7.15. The Morgan fingerprint density at radius 3 is 2.62 bits per heavy atom. The first-order valence-electron chi connectivity index (χ1n) is 7.23. The van der Waals surface area contributed by atoms with Crippen LogP contribution < -0.4 is 0 Å². The summed E-state index contributed by atoms with van der Waals surface area (Å²) in [6.45, 7) is 2.69. The van der Waals surface area contributed by atoms with Crippen LogP contribution in [0.25, 0.3) is 0 Å². The van der Waals surface area contributed by atoms with Crippen LogP contribution in [-0.4, -0.2) is 25.6 Å². The molecule has 0 aromatic carbocycles. The van der Waals surface area contributed by atoms with E-state index in [1.165, 1.54) is 31.5 Å². The van der Waals surface area contributed by atoms with E-state index in [1.54, 1.807) is 4.57 Å². The third-order valence-electron chi connectivity index (χ3n) is 3.88. The quantitative estimate of drug-likeness (QED) is 0.613. The number of nitrogens with zero attached hydrogens (tertiary/aromatic N) is 1. The van der Waals surface area contributed by atoms with Gasteiger partial charge >= 0.3 is 5.97 Å². The summed E-state index contributed by atoms with van der Waals surface area (Å²) < 4.78 is 29.6. The van der Waals surface area contributed by atoms with E-state index in [9.17, 15) is 13.2 Å². The van der Waals surface area contributed by atoms with Crippen LogP contribution in [-0.2, 0) is 20.3 Å². The number of halogens is 1. The molecule has 21 heavy (non-hydrogen) atoms. The van der Waals surface area contributed by atoms with Crippen molar-refractivity contribution in [1.29, 1.82) is 0 Å². The van der Waals surface area contributed by atoms with Gasteiger partial charge in [-0.2, -0.15) is 0 Å². The third-order valence-corrected chi connectivity index (χ3v) is 5.20. The molecule has 1 fully saturated rings. The van der Waals surface area contributed by atoms with E-state index in [-0.39, 0.29) is 10.6 Å². The highest BCUT2D eigenvalue weighted by Crippen LogP contribution is 2.24. The summed E-state index contributed by atoms with van der Waals surface area (Å²) in [5, 5.41) is 0. The van der Waals surface area contributed by atoms with Crippen molar-refractivity contribution in [1.82, 2.24) is 4.57 Å². The highest BCUT2D eigenvalue weighted by molar-refractivity contribution is 8.13. The zero-order valence-corrected chi connectivity index (χ0v) is 13.6. The summed E-state index contributed by atoms with van der Waals surface area (Å²) in [5.41, 5.74) is 0.229. The number of aromatic nitrogens is 1. The molecule has 0 N–H and O–H groups in total. The van der Waals surface area contributed by atoms with Crippen LogP contribution in [0, 0.1) is 5.92 Å². The molecular formula is C14H20ClNO4S. The van der Waals surface area contributed by atoms with Gasteiger partial charge in [-0.25, -0.2) is 13.2 Å². The van der Waals surface area contributed by atoms with Gasteiger partial charge in [0.1, 0.15) is 10.6 Å². The minimum atomic E-state index is -3.84. The first-order valence-corrected chi connectivity index (χ1v) is 9.54. The lowest BCUT2D eigenvalue weighted by Gasteiger charge is -2.21. The summed E-state index contributed by atoms with van der Waals surface area (Å²) in [6, 6.07) is 1.27. The average Bonchev–Trinajstić information content (AvgIpc) is 2.90. The van der Waals surface area contributed by atoms with Crippen LogP contribution in [0.15, 0.2) is 17.2 Å². The van der Waals surface area contributed by atoms with Crippen LogP contribution in [0.2, 0.25) is 0 Å². The predicted octanol–water partition coefficient (Wildman–Crippen LogP) is 3.17. The second-order valence-electron chi connectivity index (χ2n) is 5.39. The Morgan fingerprint density at radius 1 is 1.38 bits per heavy atom. The summed E-state index contributed by atoms with van der Waals surface area (Å²) in [4.78, 5) is 12.1. The Bertz CT molecular complexity index is 602. The lowest BCUT2D eigenvalue weighted by Crippen LogP contribution is -2.18. The number of carbonyl (C=O) groups excluding carboxylic acids is 1. The van der Waals surface area contributed by atoms with E-state index in [0.29, 0.717) is 19.1 Å². The number of esters is 1. The van der Waals surface area contributed by atoms with Gasteiger partial charge in [-0.3, -0.25) is 0 Å². The Labute approximate surface area is 129 Å². The number of aryl methyl sites for hydroxylation is 1. The van der Waals surface area contributed by atoms with Crippen molar-refractivity contribution in [2.75, 3.05) is 6.61 Å². The normalized spacial score (nSPS) is 16.9. The Balaban J connectivity index is 2.05. The molecule has 1 saturated carbocycles. The molecule has 1 aliphatic rings. The number of hydrogen-bond donors (Lipinski definition) is 0. The van der Waals surface area contributed by atoms with Gasteiger partial charge in [0.25, 0.3) is 9.05 Å². The number of carbonyl (C=O) groups is 1. The monoisotopic (exact) mass is 333 g/mol. The smallest absolute Gasteiger partial charge is 0.354 e. The van der Waals surface area contributed by atoms with Crippen molar-refractivity contribution < 1.29 is 17.9 Å². The van der Waals surface area contributed by atoms with Crippen LogP contribution >= 0.6 is 10.7 Å². The molecular weight excluding hydrogens is 314 g/mol. The summed E-state index contributed by atoms with van der Waals surface area (Å²) in [7, 11) is 1.47. The van der Waals surface area contributed by atoms with Crippen LogP contribution in [0.1, 0.15) is 49.5 Å². The Morgan fingerprint density at radius 2 is 2.05 bits per heavy atom. The minimum absolute atomic E-state index is 0.0735. The summed E-state index contributed by atoms with van der Waals surface area (Å²) >= 11 is 0. The van der Waals surface area contributed by atoms with Crippen molar-refractivity contribution in [2.24, 2.45) is 5.92 Å². The maximum atomic E-state index is 12.1. The number of ether oxygens (including phenoxy) is 1. The van der Waals surface area contributed by atoms with E-state index in [0.717, 1.165) is 12.8 Å². The van der Waals surface area contributed by atoms with E-state index < -0.39 is 15.0 Å². The molecule has 2 rings (SSSR count). The molecule has 0 atom stereocenters. The van der Waals surface area contributed by atoms with Crippen molar-refractivity contribution in [3.05, 3.63) is 18.0 Å². The molecule has 0 saturated heterocycles. The van der Waals surface area contributed by atoms with Crippen molar-refractivity contribution >= 4 is 25.7 Å². The fraction of sp³-hybridized carbons (Fsp3) is 0.643. The molecule has 0 aliphatic heterocycles. The molecule has 7 heteroatoms. The van der Waals surface area contributed by atoms with Crippen molar-refractivity contribution in [3.8, 4) is 0 Å². The fourth-order valence-electron chi connectivity index (χ4n) is 2.67. The largest absolute Gasteiger partial charge is 0.461 e. The highest BCUT2D eigenvalue weighted by atomic mass is 35.7. The highest BCUT2D eigenvalue weighted by Gasteiger charge is 2.22. The Kier molecular flexibility index (Phi) is 5.32. The van der Waals surface area contributed by atoms with Crippen molar-refractivity contribution in [3.63, 3.8) is 0 Å². The topological polar surface area (TPSA) is 65.4 Å². The zero-order chi connectivity index (χ0) is 15.5. The molecule has 118 valence electrons. The SMILES string of the molecule is CCn1cc(S(=O)(=O)Cl)cc1C(=O)OCC1CCCCC1. The lowest BCUT2D eigenvalue weighted by molar-refractivity contribution is 0.0398. The zero-order valence-electron chi connectivity index (χ0n) is 12.0. The van der Waals surface area contributed by atoms with Crippen LogP contribution in [0.3, 0.4) is 0 Å². The van der Waals surface area contributed by atoms with E-state index >= 15 is 0 Å². The van der Waals surface area contributed by atoms with E-state index in [4.69, 9.17) is 15.4 Å². The first kappa shape index (κ1) is 16.4. The van der Waals surface area contributed by atoms with Gasteiger partial charge in [0.2, 0.25) is 0 Å². The number of hydrogen-bond acceptors (Lipinski definition) is 4. The second-order valence-corrected chi connectivity index (χ2v) is 7.95. The van der Waals surface area contributed by atoms with Crippen LogP contribution in [0.4, 0.5) is 0 Å². The molecule has 1 heterocycles. The molecule has 1 aromatic heterocycles. The number of rotatable bonds is 5. The van der Waals surface area contributed by atoms with Gasteiger partial charge in [0, 0.05) is 23.4 Å². The molecule has 1 aromatic rings. The molecule has 5 nitrogen and oxygen atoms in total. The summed E-state index contributed by atoms with van der Waals surface area (Å²) in [5.74, 6) is -0.0713. The van der Waals surface area contributed by atoms with Gasteiger partial charge in [0.15, 0.2) is 0 Å². The van der Waals surface area contributed by atoms with Gasteiger partial charge in [0.05, 0.1) is 6.61 Å². The van der Waals surface area contributed by atoms with E-state index in [2.05, 4.69) is 0 Å². The first-order chi connectivity index (χ1) is 9.91. The lowest BCUT2D eigenvalue weighted by atomic mass is 9.90. The van der Waals surface area contributed by atoms with Gasteiger partial charge in [-0.1, -0.05) is 19.3 Å². The standard InChI is InChI=1S/C14H20ClNO4S/c1-2-16-9-12(21(15,18)19)8-13(16)14(17)20-10-11-6-4-3-5-7-11/h8-9,11H,2-7,10H2,1H3. The molecule has 0 unspecified atom stereocenters. The second kappa shape index (κ2) is 6.83.